The SMILES string of the molecule is COCCOCO[C@@H]1C[C@]2(C)[C@@H]([C@H](C)CC[C@@H](O)C(C)(C)O)CC[C@H]2[C@@H]2CC=C3C[C@@H](O[Si](C)(C)C(C)(C)C)CC[C@]3(C)[C@H]21. The molecule has 0 bridgehead atoms. The molecular formula is C37H68O6Si. The Bertz CT molecular complexity index is 983. The lowest BCUT2D eigenvalue weighted by atomic mass is 9.46. The Morgan fingerprint density at radius 2 is 1.75 bits per heavy atom. The molecule has 0 aliphatic heterocycles. The van der Waals surface area contributed by atoms with E-state index < -0.39 is 20.0 Å². The average molecular weight is 637 g/mol. The van der Waals surface area contributed by atoms with Gasteiger partial charge in [0.15, 0.2) is 8.32 Å². The molecule has 0 aromatic carbocycles. The molecule has 0 unspecified atom stereocenters. The zero-order chi connectivity index (χ0) is 32.7. The van der Waals surface area contributed by atoms with Crippen LogP contribution in [0, 0.1) is 40.4 Å². The van der Waals surface area contributed by atoms with Crippen molar-refractivity contribution in [2.45, 2.75) is 155 Å². The highest BCUT2D eigenvalue weighted by atomic mass is 28.4. The van der Waals surface area contributed by atoms with Gasteiger partial charge in [0.05, 0.1) is 31.0 Å². The van der Waals surface area contributed by atoms with Gasteiger partial charge in [-0.05, 0) is 130 Å². The normalized spacial score (nSPS) is 37.5. The summed E-state index contributed by atoms with van der Waals surface area (Å²) in [5.41, 5.74) is 0.893. The van der Waals surface area contributed by atoms with Crippen LogP contribution in [0.25, 0.3) is 0 Å². The summed E-state index contributed by atoms with van der Waals surface area (Å²) in [6.07, 6.45) is 12.1. The number of aliphatic hydroxyl groups excluding tert-OH is 1. The Balaban J connectivity index is 1.56. The smallest absolute Gasteiger partial charge is 0.192 e. The van der Waals surface area contributed by atoms with Gasteiger partial charge in [0.25, 0.3) is 0 Å². The zero-order valence-corrected chi connectivity index (χ0v) is 31.2. The van der Waals surface area contributed by atoms with E-state index in [0.717, 1.165) is 32.1 Å². The number of aliphatic hydroxyl groups is 2. The van der Waals surface area contributed by atoms with Crippen LogP contribution in [0.2, 0.25) is 18.1 Å². The molecule has 0 heterocycles. The second kappa shape index (κ2) is 13.7. The van der Waals surface area contributed by atoms with Crippen molar-refractivity contribution in [3.8, 4) is 0 Å². The van der Waals surface area contributed by atoms with Gasteiger partial charge in [0.1, 0.15) is 6.79 Å². The first-order valence-electron chi connectivity index (χ1n) is 17.8. The number of ether oxygens (including phenoxy) is 3. The molecule has 2 N–H and O–H groups in total. The van der Waals surface area contributed by atoms with Crippen molar-refractivity contribution in [2.75, 3.05) is 27.1 Å². The van der Waals surface area contributed by atoms with Crippen LogP contribution in [0.4, 0.5) is 0 Å². The third-order valence-electron chi connectivity index (χ3n) is 13.5. The number of allylic oxidation sites excluding steroid dienone is 1. The summed E-state index contributed by atoms with van der Waals surface area (Å²) in [6.45, 7) is 24.2. The van der Waals surface area contributed by atoms with Crippen LogP contribution in [-0.4, -0.2) is 69.6 Å². The van der Waals surface area contributed by atoms with E-state index >= 15 is 0 Å². The fraction of sp³-hybridized carbons (Fsp3) is 0.946. The molecule has 4 aliphatic carbocycles. The van der Waals surface area contributed by atoms with E-state index in [2.05, 4.69) is 60.7 Å². The molecule has 6 nitrogen and oxygen atoms in total. The Morgan fingerprint density at radius 1 is 1.05 bits per heavy atom. The topological polar surface area (TPSA) is 77.4 Å². The van der Waals surface area contributed by atoms with E-state index in [-0.39, 0.29) is 22.0 Å². The monoisotopic (exact) mass is 636 g/mol. The molecule has 4 aliphatic rings. The van der Waals surface area contributed by atoms with Gasteiger partial charge in [-0.1, -0.05) is 53.2 Å². The van der Waals surface area contributed by atoms with E-state index in [0.29, 0.717) is 62.1 Å². The van der Waals surface area contributed by atoms with E-state index in [1.54, 1.807) is 26.5 Å². The van der Waals surface area contributed by atoms with Gasteiger partial charge in [-0.25, -0.2) is 0 Å². The van der Waals surface area contributed by atoms with Crippen LogP contribution >= 0.6 is 0 Å². The minimum atomic E-state index is -1.83. The zero-order valence-electron chi connectivity index (χ0n) is 30.2. The predicted octanol–water partition coefficient (Wildman–Crippen LogP) is 8.12. The van der Waals surface area contributed by atoms with E-state index in [9.17, 15) is 10.2 Å². The van der Waals surface area contributed by atoms with Gasteiger partial charge < -0.3 is 28.8 Å². The van der Waals surface area contributed by atoms with Crippen LogP contribution in [0.15, 0.2) is 11.6 Å². The van der Waals surface area contributed by atoms with Crippen molar-refractivity contribution >= 4 is 8.32 Å². The predicted molar refractivity (Wildman–Crippen MR) is 181 cm³/mol. The fourth-order valence-electron chi connectivity index (χ4n) is 9.86. The highest BCUT2D eigenvalue weighted by Gasteiger charge is 2.63. The Labute approximate surface area is 271 Å². The van der Waals surface area contributed by atoms with Crippen molar-refractivity contribution in [2.24, 2.45) is 40.4 Å². The largest absolute Gasteiger partial charge is 0.414 e. The van der Waals surface area contributed by atoms with Crippen molar-refractivity contribution in [1.82, 2.24) is 0 Å². The van der Waals surface area contributed by atoms with Crippen LogP contribution in [0.1, 0.15) is 113 Å². The van der Waals surface area contributed by atoms with E-state index in [1.807, 2.05) is 0 Å². The van der Waals surface area contributed by atoms with Crippen LogP contribution in [-0.2, 0) is 18.6 Å². The number of hydrogen-bond donors (Lipinski definition) is 2. The van der Waals surface area contributed by atoms with Gasteiger partial charge in [0.2, 0.25) is 0 Å². The molecule has 44 heavy (non-hydrogen) atoms. The lowest BCUT2D eigenvalue weighted by molar-refractivity contribution is -0.189. The van der Waals surface area contributed by atoms with Crippen molar-refractivity contribution < 1.29 is 28.8 Å². The summed E-state index contributed by atoms with van der Waals surface area (Å²) in [4.78, 5) is 0. The van der Waals surface area contributed by atoms with Gasteiger partial charge >= 0.3 is 0 Å². The van der Waals surface area contributed by atoms with Crippen LogP contribution in [0.5, 0.6) is 0 Å². The van der Waals surface area contributed by atoms with Gasteiger partial charge in [0, 0.05) is 13.2 Å². The first-order chi connectivity index (χ1) is 20.3. The summed E-state index contributed by atoms with van der Waals surface area (Å²) in [7, 11) is -0.120. The maximum absolute atomic E-state index is 10.6. The highest BCUT2D eigenvalue weighted by molar-refractivity contribution is 6.74. The summed E-state index contributed by atoms with van der Waals surface area (Å²) in [5.74, 6) is 2.87. The molecule has 10 atom stereocenters. The number of rotatable bonds is 13. The summed E-state index contributed by atoms with van der Waals surface area (Å²) in [6, 6.07) is 0. The maximum Gasteiger partial charge on any atom is 0.192 e. The molecule has 0 aromatic rings. The minimum absolute atomic E-state index is 0.134. The molecule has 3 saturated carbocycles. The molecule has 7 heteroatoms. The van der Waals surface area contributed by atoms with Crippen LogP contribution in [0.3, 0.4) is 0 Å². The van der Waals surface area contributed by atoms with Gasteiger partial charge in [-0.15, -0.1) is 0 Å². The molecule has 256 valence electrons. The molecule has 0 aromatic heterocycles. The maximum atomic E-state index is 10.6. The molecule has 0 amide bonds. The molecular weight excluding hydrogens is 568 g/mol. The quantitative estimate of drug-likeness (QED) is 0.0920. The standard InChI is InChI=1S/C37H68O6Si/c1-25(12-17-32(38)35(5,6)39)29-15-16-30-28-14-13-26-22-27(43-44(10,11)34(2,3)4)18-19-36(26,7)33(28)31(23-37(29,30)8)42-24-41-21-20-40-9/h13,25,27-33,38-39H,12,14-24H2,1-11H3/t25-,27+,28+,29-,30+,31-,32-,33-,36+,37-/m1/s1. The first kappa shape index (κ1) is 36.6. The third-order valence-corrected chi connectivity index (χ3v) is 18.0. The lowest BCUT2D eigenvalue weighted by Gasteiger charge is -2.61. The van der Waals surface area contributed by atoms with E-state index in [1.165, 1.54) is 19.3 Å². The Morgan fingerprint density at radius 3 is 2.39 bits per heavy atom. The number of hydrogen-bond acceptors (Lipinski definition) is 6. The van der Waals surface area contributed by atoms with Gasteiger partial charge in [-0.2, -0.15) is 0 Å². The minimum Gasteiger partial charge on any atom is -0.414 e. The Hall–Kier alpha value is -0.283. The molecule has 4 rings (SSSR count). The van der Waals surface area contributed by atoms with Crippen molar-refractivity contribution in [3.05, 3.63) is 11.6 Å². The second-order valence-corrected chi connectivity index (χ2v) is 22.5. The fourth-order valence-corrected chi connectivity index (χ4v) is 11.2. The summed E-state index contributed by atoms with van der Waals surface area (Å²) < 4.78 is 24.9. The molecule has 0 spiro atoms. The average Bonchev–Trinajstić information content (AvgIpc) is 3.26. The van der Waals surface area contributed by atoms with Crippen molar-refractivity contribution in [3.63, 3.8) is 0 Å². The number of fused-ring (bicyclic) bond motifs is 5. The third kappa shape index (κ3) is 7.39. The molecule has 3 fully saturated rings. The first-order valence-corrected chi connectivity index (χ1v) is 20.7. The summed E-state index contributed by atoms with van der Waals surface area (Å²) in [5, 5.41) is 21.1. The molecule has 0 radical (unpaired) electrons. The molecule has 0 saturated heterocycles. The second-order valence-electron chi connectivity index (χ2n) is 17.8. The summed E-state index contributed by atoms with van der Waals surface area (Å²) >= 11 is 0. The Kier molecular flexibility index (Phi) is 11.4. The van der Waals surface area contributed by atoms with Gasteiger partial charge in [-0.3, -0.25) is 0 Å². The van der Waals surface area contributed by atoms with Crippen molar-refractivity contribution in [1.29, 1.82) is 0 Å². The van der Waals surface area contributed by atoms with Crippen LogP contribution < -0.4 is 0 Å². The lowest BCUT2D eigenvalue weighted by Crippen LogP contribution is -2.58. The van der Waals surface area contributed by atoms with E-state index in [4.69, 9.17) is 18.6 Å². The highest BCUT2D eigenvalue weighted by Crippen LogP contribution is 2.68. The number of methoxy groups -OCH3 is 1.